The van der Waals surface area contributed by atoms with Crippen LogP contribution in [0.4, 0.5) is 0 Å². The molecule has 0 saturated carbocycles. The van der Waals surface area contributed by atoms with Gasteiger partial charge in [0, 0.05) is 44.6 Å². The van der Waals surface area contributed by atoms with Gasteiger partial charge in [-0.15, -0.1) is 35.4 Å². The van der Waals surface area contributed by atoms with Crippen molar-refractivity contribution in [3.8, 4) is 22.6 Å². The first kappa shape index (κ1) is 20.6. The predicted octanol–water partition coefficient (Wildman–Crippen LogP) is 4.43. The average molecular weight is 532 g/mol. The van der Waals surface area contributed by atoms with Crippen LogP contribution in [-0.4, -0.2) is 9.97 Å². The second-order valence-corrected chi connectivity index (χ2v) is 5.91. The van der Waals surface area contributed by atoms with Crippen LogP contribution in [0.2, 0.25) is 0 Å². The molecule has 3 aromatic heterocycles. The summed E-state index contributed by atoms with van der Waals surface area (Å²) < 4.78 is 2.06. The first-order valence-electron chi connectivity index (χ1n) is 8.50. The Balaban J connectivity index is 0.000000187. The molecular formula is C23H21IrN3. The molecule has 0 saturated heterocycles. The monoisotopic (exact) mass is 532 g/mol. The van der Waals surface area contributed by atoms with E-state index in [0.717, 1.165) is 22.6 Å². The first-order valence-corrected chi connectivity index (χ1v) is 8.50. The standard InChI is InChI=1S/C12H10N.C11H11N2.Ir/c1-10-5-7-11(8-6-10)12-4-2-3-9-13-12;1-13-9-5-3-7-11(13)10-6-2-4-8-12-10;/h2-7,9H,1H3;2-9H,1H3;/q-1;+1;. The minimum atomic E-state index is 0. The molecule has 0 aliphatic carbocycles. The van der Waals surface area contributed by atoms with Gasteiger partial charge in [0.1, 0.15) is 12.7 Å². The first-order chi connectivity index (χ1) is 12.7. The second-order valence-electron chi connectivity index (χ2n) is 5.91. The maximum Gasteiger partial charge on any atom is 0.230 e. The molecule has 0 bridgehead atoms. The fraction of sp³-hybridized carbons (Fsp3) is 0.0870. The number of rotatable bonds is 2. The van der Waals surface area contributed by atoms with Gasteiger partial charge in [0.25, 0.3) is 0 Å². The van der Waals surface area contributed by atoms with E-state index in [2.05, 4.69) is 39.7 Å². The van der Waals surface area contributed by atoms with Crippen LogP contribution in [-0.2, 0) is 27.2 Å². The summed E-state index contributed by atoms with van der Waals surface area (Å²) in [6, 6.07) is 27.2. The van der Waals surface area contributed by atoms with Crippen molar-refractivity contribution in [2.75, 3.05) is 0 Å². The molecule has 0 fully saturated rings. The normalized spacial score (nSPS) is 9.56. The average Bonchev–Trinajstić information content (AvgIpc) is 2.71. The third-order valence-electron chi connectivity index (χ3n) is 3.89. The molecule has 4 rings (SSSR count). The van der Waals surface area contributed by atoms with Crippen molar-refractivity contribution in [1.29, 1.82) is 0 Å². The third-order valence-corrected chi connectivity index (χ3v) is 3.89. The Bertz CT molecular complexity index is 940. The SMILES string of the molecule is C[n+]1ccccc1-c1ccccn1.Cc1c[c-]c(-c2ccccn2)cc1.[Ir]. The van der Waals surface area contributed by atoms with Gasteiger partial charge in [0.15, 0.2) is 6.20 Å². The second kappa shape index (κ2) is 10.5. The molecule has 0 spiro atoms. The van der Waals surface area contributed by atoms with Crippen molar-refractivity contribution < 1.29 is 24.7 Å². The zero-order valence-electron chi connectivity index (χ0n) is 15.3. The van der Waals surface area contributed by atoms with E-state index in [4.69, 9.17) is 0 Å². The number of benzene rings is 1. The number of pyridine rings is 3. The smallest absolute Gasteiger partial charge is 0.230 e. The van der Waals surface area contributed by atoms with Crippen molar-refractivity contribution >= 4 is 0 Å². The summed E-state index contributed by atoms with van der Waals surface area (Å²) in [5.74, 6) is 0. The van der Waals surface area contributed by atoms with Gasteiger partial charge in [0.05, 0.1) is 0 Å². The third kappa shape index (κ3) is 5.92. The molecular weight excluding hydrogens is 510 g/mol. The Hall–Kier alpha value is -2.68. The summed E-state index contributed by atoms with van der Waals surface area (Å²) in [5.41, 5.74) is 5.38. The Morgan fingerprint density at radius 1 is 0.778 bits per heavy atom. The molecule has 3 heterocycles. The number of hydrogen-bond acceptors (Lipinski definition) is 2. The fourth-order valence-corrected chi connectivity index (χ4v) is 2.49. The number of aromatic nitrogens is 3. The van der Waals surface area contributed by atoms with Crippen LogP contribution < -0.4 is 4.57 Å². The number of nitrogens with zero attached hydrogens (tertiary/aromatic N) is 3. The summed E-state index contributed by atoms with van der Waals surface area (Å²) in [5, 5.41) is 0. The molecule has 0 atom stereocenters. The largest absolute Gasteiger partial charge is 0.305 e. The summed E-state index contributed by atoms with van der Waals surface area (Å²) in [6.07, 6.45) is 5.62. The zero-order valence-corrected chi connectivity index (χ0v) is 17.7. The van der Waals surface area contributed by atoms with Crippen LogP contribution in [0, 0.1) is 13.0 Å². The molecule has 0 aliphatic heterocycles. The molecule has 4 aromatic rings. The fourth-order valence-electron chi connectivity index (χ4n) is 2.49. The summed E-state index contributed by atoms with van der Waals surface area (Å²) >= 11 is 0. The van der Waals surface area contributed by atoms with E-state index in [9.17, 15) is 0 Å². The van der Waals surface area contributed by atoms with Crippen LogP contribution in [0.5, 0.6) is 0 Å². The predicted molar refractivity (Wildman–Crippen MR) is 104 cm³/mol. The molecule has 0 unspecified atom stereocenters. The summed E-state index contributed by atoms with van der Waals surface area (Å²) in [4.78, 5) is 8.54. The van der Waals surface area contributed by atoms with E-state index in [1.54, 1.807) is 6.20 Å². The summed E-state index contributed by atoms with van der Waals surface area (Å²) in [6.45, 7) is 2.05. The summed E-state index contributed by atoms with van der Waals surface area (Å²) in [7, 11) is 2.02. The van der Waals surface area contributed by atoms with Gasteiger partial charge in [-0.25, -0.2) is 4.98 Å². The Kier molecular flexibility index (Phi) is 7.99. The maximum atomic E-state index is 4.29. The van der Waals surface area contributed by atoms with Crippen LogP contribution in [0.3, 0.4) is 0 Å². The topological polar surface area (TPSA) is 29.7 Å². The van der Waals surface area contributed by atoms with Crippen molar-refractivity contribution in [3.05, 3.63) is 103 Å². The van der Waals surface area contributed by atoms with Crippen LogP contribution in [0.25, 0.3) is 22.6 Å². The number of aryl methyl sites for hydroxylation is 2. The van der Waals surface area contributed by atoms with E-state index in [-0.39, 0.29) is 20.1 Å². The van der Waals surface area contributed by atoms with Gasteiger partial charge in [-0.05, 0) is 30.0 Å². The minimum Gasteiger partial charge on any atom is -0.305 e. The zero-order chi connectivity index (χ0) is 18.2. The van der Waals surface area contributed by atoms with E-state index in [1.165, 1.54) is 5.56 Å². The molecule has 0 aliphatic rings. The molecule has 4 heteroatoms. The van der Waals surface area contributed by atoms with E-state index >= 15 is 0 Å². The van der Waals surface area contributed by atoms with Gasteiger partial charge < -0.3 is 4.98 Å². The molecule has 0 amide bonds. The van der Waals surface area contributed by atoms with E-state index in [1.807, 2.05) is 80.1 Å². The van der Waals surface area contributed by atoms with Gasteiger partial charge in [-0.2, -0.15) is 4.57 Å². The molecule has 27 heavy (non-hydrogen) atoms. The van der Waals surface area contributed by atoms with Crippen molar-refractivity contribution in [3.63, 3.8) is 0 Å². The van der Waals surface area contributed by atoms with Crippen LogP contribution in [0.15, 0.2) is 91.4 Å². The van der Waals surface area contributed by atoms with Gasteiger partial charge in [-0.1, -0.05) is 25.1 Å². The molecule has 0 N–H and O–H groups in total. The van der Waals surface area contributed by atoms with Crippen LogP contribution in [0.1, 0.15) is 5.56 Å². The van der Waals surface area contributed by atoms with Crippen LogP contribution >= 0.6 is 0 Å². The van der Waals surface area contributed by atoms with Gasteiger partial charge in [-0.3, -0.25) is 0 Å². The molecule has 1 radical (unpaired) electrons. The van der Waals surface area contributed by atoms with Crippen molar-refractivity contribution in [2.45, 2.75) is 6.92 Å². The number of hydrogen-bond donors (Lipinski definition) is 0. The minimum absolute atomic E-state index is 0. The van der Waals surface area contributed by atoms with Crippen molar-refractivity contribution in [1.82, 2.24) is 9.97 Å². The molecule has 137 valence electrons. The quantitative estimate of drug-likeness (QED) is 0.283. The van der Waals surface area contributed by atoms with Crippen molar-refractivity contribution in [2.24, 2.45) is 7.05 Å². The Morgan fingerprint density at radius 2 is 1.44 bits per heavy atom. The Labute approximate surface area is 174 Å². The van der Waals surface area contributed by atoms with Gasteiger partial charge >= 0.3 is 0 Å². The Morgan fingerprint density at radius 3 is 2.00 bits per heavy atom. The van der Waals surface area contributed by atoms with Gasteiger partial charge in [0.2, 0.25) is 5.69 Å². The molecule has 3 nitrogen and oxygen atoms in total. The van der Waals surface area contributed by atoms with E-state index in [0.29, 0.717) is 0 Å². The molecule has 1 aromatic carbocycles. The maximum absolute atomic E-state index is 4.29. The van der Waals surface area contributed by atoms with E-state index < -0.39 is 0 Å².